The molecule has 3 aromatic carbocycles. The van der Waals surface area contributed by atoms with Crippen molar-refractivity contribution >= 4 is 27.5 Å². The molecule has 1 N–H and O–H groups in total. The van der Waals surface area contributed by atoms with Crippen LogP contribution < -0.4 is 15.0 Å². The average Bonchev–Trinajstić information content (AvgIpc) is 3.53. The molecule has 2 amide bonds. The maximum absolute atomic E-state index is 14.2. The van der Waals surface area contributed by atoms with Crippen molar-refractivity contribution in [3.63, 3.8) is 0 Å². The summed E-state index contributed by atoms with van der Waals surface area (Å²) < 4.78 is 38.3. The van der Waals surface area contributed by atoms with Gasteiger partial charge in [-0.1, -0.05) is 43.2 Å². The van der Waals surface area contributed by atoms with E-state index in [-0.39, 0.29) is 35.5 Å². The Labute approximate surface area is 241 Å². The number of methoxy groups -OCH3 is 1. The van der Waals surface area contributed by atoms with Crippen LogP contribution in [0.4, 0.5) is 5.69 Å². The van der Waals surface area contributed by atoms with Gasteiger partial charge in [0.15, 0.2) is 0 Å². The largest absolute Gasteiger partial charge is 0.497 e. The zero-order valence-electron chi connectivity index (χ0n) is 23.1. The summed E-state index contributed by atoms with van der Waals surface area (Å²) in [7, 11) is -2.15. The molecule has 10 heteroatoms. The molecule has 5 rings (SSSR count). The quantitative estimate of drug-likeness (QED) is 0.410. The highest BCUT2D eigenvalue weighted by atomic mass is 32.2. The average molecular weight is 578 g/mol. The minimum absolute atomic E-state index is 0.0562. The second-order valence-corrected chi connectivity index (χ2v) is 12.2. The fraction of sp³-hybridized carbons (Fsp3) is 0.355. The van der Waals surface area contributed by atoms with E-state index >= 15 is 0 Å². The van der Waals surface area contributed by atoms with Gasteiger partial charge in [0, 0.05) is 30.4 Å². The number of nitrogens with one attached hydrogen (secondary N) is 1. The molecule has 9 nitrogen and oxygen atoms in total. The second kappa shape index (κ2) is 12.8. The SMILES string of the molecule is COc1ccc([C@H](C(=O)NC2CCCC2)N(C(=O)c2ccc(S(=O)(=O)N3CCOCC3)cc2)c2ccccc2)cc1. The summed E-state index contributed by atoms with van der Waals surface area (Å²) in [4.78, 5) is 29.8. The van der Waals surface area contributed by atoms with E-state index in [9.17, 15) is 18.0 Å². The van der Waals surface area contributed by atoms with Gasteiger partial charge in [-0.15, -0.1) is 0 Å². The minimum atomic E-state index is -3.72. The molecule has 1 aliphatic carbocycles. The maximum atomic E-state index is 14.2. The topological polar surface area (TPSA) is 105 Å². The highest BCUT2D eigenvalue weighted by molar-refractivity contribution is 7.89. The molecule has 3 aromatic rings. The predicted molar refractivity (Wildman–Crippen MR) is 155 cm³/mol. The highest BCUT2D eigenvalue weighted by Gasteiger charge is 2.35. The molecule has 0 bridgehead atoms. The third kappa shape index (κ3) is 6.45. The normalized spacial score (nSPS) is 17.1. The molecule has 0 unspecified atom stereocenters. The lowest BCUT2D eigenvalue weighted by atomic mass is 10.0. The molecule has 2 aliphatic rings. The van der Waals surface area contributed by atoms with Crippen LogP contribution in [0, 0.1) is 0 Å². The first kappa shape index (κ1) is 28.8. The fourth-order valence-electron chi connectivity index (χ4n) is 5.37. The minimum Gasteiger partial charge on any atom is -0.497 e. The van der Waals surface area contributed by atoms with E-state index in [1.807, 2.05) is 18.2 Å². The van der Waals surface area contributed by atoms with Crippen molar-refractivity contribution in [2.45, 2.75) is 42.7 Å². The lowest BCUT2D eigenvalue weighted by Gasteiger charge is -2.32. The van der Waals surface area contributed by atoms with Crippen LogP contribution in [0.15, 0.2) is 83.8 Å². The third-order valence-corrected chi connectivity index (χ3v) is 9.51. The molecule has 1 aliphatic heterocycles. The van der Waals surface area contributed by atoms with Crippen molar-refractivity contribution in [2.24, 2.45) is 0 Å². The summed E-state index contributed by atoms with van der Waals surface area (Å²) in [5, 5.41) is 3.17. The summed E-state index contributed by atoms with van der Waals surface area (Å²) in [6.07, 6.45) is 3.91. The lowest BCUT2D eigenvalue weighted by Crippen LogP contribution is -2.46. The summed E-state index contributed by atoms with van der Waals surface area (Å²) in [6.45, 7) is 1.25. The van der Waals surface area contributed by atoms with Gasteiger partial charge in [-0.3, -0.25) is 14.5 Å². The molecule has 1 saturated heterocycles. The fourth-order valence-corrected chi connectivity index (χ4v) is 6.78. The molecule has 41 heavy (non-hydrogen) atoms. The number of hydrogen-bond donors (Lipinski definition) is 1. The highest BCUT2D eigenvalue weighted by Crippen LogP contribution is 2.32. The number of sulfonamides is 1. The van der Waals surface area contributed by atoms with Gasteiger partial charge in [0.25, 0.3) is 5.91 Å². The van der Waals surface area contributed by atoms with Gasteiger partial charge in [-0.05, 0) is 66.9 Å². The molecule has 0 aromatic heterocycles. The second-order valence-electron chi connectivity index (χ2n) is 10.2. The number of amides is 2. The van der Waals surface area contributed by atoms with Gasteiger partial charge in [0.05, 0.1) is 25.2 Å². The monoisotopic (exact) mass is 577 g/mol. The molecule has 0 spiro atoms. The lowest BCUT2D eigenvalue weighted by molar-refractivity contribution is -0.123. The Morgan fingerprint density at radius 3 is 2.17 bits per heavy atom. The summed E-state index contributed by atoms with van der Waals surface area (Å²) in [5.74, 6) is -0.0574. The maximum Gasteiger partial charge on any atom is 0.259 e. The molecule has 0 radical (unpaired) electrons. The van der Waals surface area contributed by atoms with E-state index in [1.54, 1.807) is 43.5 Å². The zero-order valence-corrected chi connectivity index (χ0v) is 23.9. The van der Waals surface area contributed by atoms with Crippen LogP contribution in [0.3, 0.4) is 0 Å². The standard InChI is InChI=1S/C31H35N3O6S/c1-39-27-15-11-23(12-16-27)29(30(35)32-25-7-5-6-8-25)34(26-9-3-2-4-10-26)31(36)24-13-17-28(18-14-24)41(37,38)33-19-21-40-22-20-33/h2-4,9-18,25,29H,5-8,19-22H2,1H3,(H,32,35)/t29-/m1/s1. The first-order chi connectivity index (χ1) is 19.9. The van der Waals surface area contributed by atoms with Crippen molar-refractivity contribution in [3.05, 3.63) is 90.0 Å². The molecule has 216 valence electrons. The molecule has 1 saturated carbocycles. The number of benzene rings is 3. The third-order valence-electron chi connectivity index (χ3n) is 7.60. The number of hydrogen-bond acceptors (Lipinski definition) is 6. The van der Waals surface area contributed by atoms with Crippen LogP contribution in [0.1, 0.15) is 47.6 Å². The number of anilines is 1. The Bertz CT molecular complexity index is 1430. The number of morpholine rings is 1. The van der Waals surface area contributed by atoms with Gasteiger partial charge in [0.2, 0.25) is 15.9 Å². The molecular weight excluding hydrogens is 542 g/mol. The van der Waals surface area contributed by atoms with E-state index in [2.05, 4.69) is 5.32 Å². The van der Waals surface area contributed by atoms with Gasteiger partial charge >= 0.3 is 0 Å². The Kier molecular flexibility index (Phi) is 9.02. The van der Waals surface area contributed by atoms with Crippen LogP contribution in [0.25, 0.3) is 0 Å². The van der Waals surface area contributed by atoms with E-state index in [0.717, 1.165) is 25.7 Å². The Morgan fingerprint density at radius 1 is 0.927 bits per heavy atom. The van der Waals surface area contributed by atoms with Gasteiger partial charge in [-0.25, -0.2) is 8.42 Å². The van der Waals surface area contributed by atoms with E-state index in [0.29, 0.717) is 30.2 Å². The number of ether oxygens (including phenoxy) is 2. The molecule has 1 heterocycles. The van der Waals surface area contributed by atoms with Crippen molar-refractivity contribution in [1.29, 1.82) is 0 Å². The van der Waals surface area contributed by atoms with Crippen LogP contribution in [-0.2, 0) is 19.6 Å². The Morgan fingerprint density at radius 2 is 1.56 bits per heavy atom. The van der Waals surface area contributed by atoms with Crippen LogP contribution in [0.2, 0.25) is 0 Å². The number of carbonyl (C=O) groups is 2. The predicted octanol–water partition coefficient (Wildman–Crippen LogP) is 4.16. The Balaban J connectivity index is 1.52. The van der Waals surface area contributed by atoms with Gasteiger partial charge in [-0.2, -0.15) is 4.31 Å². The number of rotatable bonds is 9. The Hall–Kier alpha value is -3.73. The number of carbonyl (C=O) groups excluding carboxylic acids is 2. The zero-order chi connectivity index (χ0) is 28.8. The molecular formula is C31H35N3O6S. The van der Waals surface area contributed by atoms with Crippen molar-refractivity contribution in [3.8, 4) is 5.75 Å². The first-order valence-electron chi connectivity index (χ1n) is 13.9. The van der Waals surface area contributed by atoms with E-state index in [1.165, 1.54) is 33.5 Å². The number of para-hydroxylation sites is 1. The first-order valence-corrected chi connectivity index (χ1v) is 15.3. The van der Waals surface area contributed by atoms with Crippen molar-refractivity contribution in [1.82, 2.24) is 9.62 Å². The summed E-state index contributed by atoms with van der Waals surface area (Å²) in [5.41, 5.74) is 1.44. The van der Waals surface area contributed by atoms with Gasteiger partial charge < -0.3 is 14.8 Å². The van der Waals surface area contributed by atoms with Crippen molar-refractivity contribution in [2.75, 3.05) is 38.3 Å². The van der Waals surface area contributed by atoms with E-state index < -0.39 is 22.0 Å². The molecule has 2 fully saturated rings. The van der Waals surface area contributed by atoms with Crippen LogP contribution in [-0.4, -0.2) is 64.0 Å². The summed E-state index contributed by atoms with van der Waals surface area (Å²) in [6, 6.07) is 21.2. The van der Waals surface area contributed by atoms with Gasteiger partial charge in [0.1, 0.15) is 11.8 Å². The summed E-state index contributed by atoms with van der Waals surface area (Å²) >= 11 is 0. The van der Waals surface area contributed by atoms with Crippen LogP contribution >= 0.6 is 0 Å². The number of nitrogens with zero attached hydrogens (tertiary/aromatic N) is 2. The van der Waals surface area contributed by atoms with Crippen molar-refractivity contribution < 1.29 is 27.5 Å². The molecule has 1 atom stereocenters. The van der Waals surface area contributed by atoms with Crippen LogP contribution in [0.5, 0.6) is 5.75 Å². The van der Waals surface area contributed by atoms with E-state index in [4.69, 9.17) is 9.47 Å². The smallest absolute Gasteiger partial charge is 0.259 e.